The second kappa shape index (κ2) is 10.9. The van der Waals surface area contributed by atoms with Gasteiger partial charge in [0.2, 0.25) is 0 Å². The van der Waals surface area contributed by atoms with E-state index in [1.807, 2.05) is 44.2 Å². The second-order valence-electron chi connectivity index (χ2n) is 7.69. The molecule has 0 saturated carbocycles. The first-order valence-corrected chi connectivity index (χ1v) is 10.6. The lowest BCUT2D eigenvalue weighted by Gasteiger charge is -2.16. The molecule has 1 heterocycles. The molecule has 0 aliphatic rings. The van der Waals surface area contributed by atoms with Crippen LogP contribution in [0.25, 0.3) is 11.1 Å². The van der Waals surface area contributed by atoms with E-state index >= 15 is 0 Å². The maximum absolute atomic E-state index is 14.4. The van der Waals surface area contributed by atoms with Crippen LogP contribution in [0.4, 0.5) is 8.78 Å². The number of halogens is 2. The summed E-state index contributed by atoms with van der Waals surface area (Å²) in [5.41, 5.74) is 9.27. The molecule has 0 bridgehead atoms. The van der Waals surface area contributed by atoms with E-state index < -0.39 is 35.5 Å². The van der Waals surface area contributed by atoms with Gasteiger partial charge in [0.05, 0.1) is 0 Å². The number of nitrogens with two attached hydrogens (primary N) is 1. The third-order valence-corrected chi connectivity index (χ3v) is 4.98. The highest BCUT2D eigenvalue weighted by atomic mass is 19.1. The molecule has 3 aromatic rings. The number of ether oxygens (including phenoxy) is 2. The lowest BCUT2D eigenvalue weighted by Crippen LogP contribution is -2.27. The van der Waals surface area contributed by atoms with Gasteiger partial charge in [-0.1, -0.05) is 37.6 Å². The fraction of sp³-hybridized carbons (Fsp3) is 0.280. The van der Waals surface area contributed by atoms with Crippen LogP contribution in [-0.2, 0) is 11.3 Å². The summed E-state index contributed by atoms with van der Waals surface area (Å²) in [6, 6.07) is 13.6. The maximum Gasteiger partial charge on any atom is 0.344 e. The SMILES string of the molecule is CCCC[C@@H](Oc1nc(Oc2cc(C)cc(-c3cccc(CN)c3)c2)c(F)cc1F)C(=O)O. The molecule has 174 valence electrons. The summed E-state index contributed by atoms with van der Waals surface area (Å²) in [5, 5.41) is 9.33. The van der Waals surface area contributed by atoms with Gasteiger partial charge in [-0.25, -0.2) is 13.6 Å². The van der Waals surface area contributed by atoms with Crippen molar-refractivity contribution in [3.8, 4) is 28.6 Å². The monoisotopic (exact) mass is 456 g/mol. The number of unbranched alkanes of at least 4 members (excludes halogenated alkanes) is 1. The Hall–Kier alpha value is -3.52. The Morgan fingerprint density at radius 1 is 1.09 bits per heavy atom. The first kappa shape index (κ1) is 24.1. The van der Waals surface area contributed by atoms with Crippen LogP contribution in [0.5, 0.6) is 17.5 Å². The van der Waals surface area contributed by atoms with Crippen molar-refractivity contribution in [3.05, 3.63) is 71.3 Å². The molecule has 0 unspecified atom stereocenters. The summed E-state index contributed by atoms with van der Waals surface area (Å²) in [4.78, 5) is 15.2. The molecular weight excluding hydrogens is 430 g/mol. The van der Waals surface area contributed by atoms with E-state index in [-0.39, 0.29) is 12.2 Å². The number of carboxylic acids is 1. The minimum absolute atomic E-state index is 0.170. The molecule has 8 heteroatoms. The van der Waals surface area contributed by atoms with Gasteiger partial charge in [0.1, 0.15) is 5.75 Å². The first-order valence-electron chi connectivity index (χ1n) is 10.6. The van der Waals surface area contributed by atoms with Crippen molar-refractivity contribution in [2.45, 2.75) is 45.8 Å². The molecule has 3 N–H and O–H groups in total. The van der Waals surface area contributed by atoms with Gasteiger partial charge >= 0.3 is 5.97 Å². The molecule has 2 aromatic carbocycles. The van der Waals surface area contributed by atoms with Crippen molar-refractivity contribution < 1.29 is 28.2 Å². The summed E-state index contributed by atoms with van der Waals surface area (Å²) >= 11 is 0. The molecule has 0 fully saturated rings. The predicted molar refractivity (Wildman–Crippen MR) is 120 cm³/mol. The molecule has 33 heavy (non-hydrogen) atoms. The van der Waals surface area contributed by atoms with E-state index in [1.54, 1.807) is 12.1 Å². The molecule has 1 atom stereocenters. The standard InChI is InChI=1S/C25H26F2N2O4/c1-3-4-8-22(25(30)31)33-24-21(27)13-20(26)23(29-24)32-19-10-15(2)9-18(12-19)17-7-5-6-16(11-17)14-28/h5-7,9-13,22H,3-4,8,14,28H2,1-2H3,(H,30,31)/t22-/m1/s1. The predicted octanol–water partition coefficient (Wildman–Crippen LogP) is 5.61. The summed E-state index contributed by atoms with van der Waals surface area (Å²) in [5.74, 6) is -4.25. The van der Waals surface area contributed by atoms with Gasteiger partial charge in [0.15, 0.2) is 17.7 Å². The maximum atomic E-state index is 14.4. The van der Waals surface area contributed by atoms with Crippen LogP contribution in [0.2, 0.25) is 0 Å². The average Bonchev–Trinajstić information content (AvgIpc) is 2.78. The largest absolute Gasteiger partial charge is 0.479 e. The quantitative estimate of drug-likeness (QED) is 0.412. The molecule has 0 amide bonds. The second-order valence-corrected chi connectivity index (χ2v) is 7.69. The number of benzene rings is 2. The average molecular weight is 456 g/mol. The fourth-order valence-corrected chi connectivity index (χ4v) is 3.31. The lowest BCUT2D eigenvalue weighted by atomic mass is 10.0. The van der Waals surface area contributed by atoms with E-state index in [9.17, 15) is 18.7 Å². The number of aryl methyl sites for hydroxylation is 1. The number of nitrogens with zero attached hydrogens (tertiary/aromatic N) is 1. The Kier molecular flexibility index (Phi) is 7.95. The van der Waals surface area contributed by atoms with Gasteiger partial charge < -0.3 is 20.3 Å². The van der Waals surface area contributed by atoms with Crippen molar-refractivity contribution in [2.75, 3.05) is 0 Å². The Morgan fingerprint density at radius 2 is 1.85 bits per heavy atom. The molecule has 0 aliphatic heterocycles. The first-order chi connectivity index (χ1) is 15.8. The van der Waals surface area contributed by atoms with Crippen molar-refractivity contribution in [3.63, 3.8) is 0 Å². The van der Waals surface area contributed by atoms with Gasteiger partial charge in [-0.3, -0.25) is 0 Å². The van der Waals surface area contributed by atoms with Crippen molar-refractivity contribution in [2.24, 2.45) is 5.73 Å². The molecular formula is C25H26F2N2O4. The molecule has 0 radical (unpaired) electrons. The van der Waals surface area contributed by atoms with Crippen molar-refractivity contribution in [1.82, 2.24) is 4.98 Å². The number of hydrogen-bond donors (Lipinski definition) is 2. The molecule has 1 aromatic heterocycles. The van der Waals surface area contributed by atoms with E-state index in [2.05, 4.69) is 4.98 Å². The highest BCUT2D eigenvalue weighted by Crippen LogP contribution is 2.32. The van der Waals surface area contributed by atoms with Crippen LogP contribution in [0.1, 0.15) is 37.3 Å². The zero-order valence-corrected chi connectivity index (χ0v) is 18.5. The van der Waals surface area contributed by atoms with Crippen LogP contribution in [-0.4, -0.2) is 22.2 Å². The summed E-state index contributed by atoms with van der Waals surface area (Å²) in [7, 11) is 0. The fourth-order valence-electron chi connectivity index (χ4n) is 3.31. The highest BCUT2D eigenvalue weighted by Gasteiger charge is 2.23. The van der Waals surface area contributed by atoms with Gasteiger partial charge in [-0.2, -0.15) is 4.98 Å². The van der Waals surface area contributed by atoms with Gasteiger partial charge in [0, 0.05) is 12.6 Å². The van der Waals surface area contributed by atoms with Crippen LogP contribution in [0.3, 0.4) is 0 Å². The van der Waals surface area contributed by atoms with Gasteiger partial charge in [-0.05, 0) is 60.2 Å². The topological polar surface area (TPSA) is 94.7 Å². The zero-order valence-electron chi connectivity index (χ0n) is 18.5. The number of carboxylic acid groups (broad SMARTS) is 1. The molecule has 0 saturated heterocycles. The number of pyridine rings is 1. The smallest absolute Gasteiger partial charge is 0.344 e. The number of aromatic nitrogens is 1. The highest BCUT2D eigenvalue weighted by molar-refractivity contribution is 5.72. The van der Waals surface area contributed by atoms with Crippen LogP contribution in [0.15, 0.2) is 48.5 Å². The van der Waals surface area contributed by atoms with Crippen molar-refractivity contribution in [1.29, 1.82) is 0 Å². The third kappa shape index (κ3) is 6.26. The minimum atomic E-state index is -1.30. The molecule has 0 aliphatic carbocycles. The van der Waals surface area contributed by atoms with E-state index in [0.717, 1.165) is 28.7 Å². The molecule has 3 rings (SSSR count). The van der Waals surface area contributed by atoms with Crippen LogP contribution < -0.4 is 15.2 Å². The van der Waals surface area contributed by atoms with Gasteiger partial charge in [0.25, 0.3) is 11.8 Å². The minimum Gasteiger partial charge on any atom is -0.479 e. The summed E-state index contributed by atoms with van der Waals surface area (Å²) in [6.07, 6.45) is 0.181. The molecule has 0 spiro atoms. The Labute approximate surface area is 191 Å². The Balaban J connectivity index is 1.90. The van der Waals surface area contributed by atoms with Crippen LogP contribution in [0, 0.1) is 18.6 Å². The number of hydrogen-bond acceptors (Lipinski definition) is 5. The van der Waals surface area contributed by atoms with E-state index in [0.29, 0.717) is 19.0 Å². The Morgan fingerprint density at radius 3 is 2.55 bits per heavy atom. The Bertz CT molecular complexity index is 1140. The van der Waals surface area contributed by atoms with Crippen LogP contribution >= 0.6 is 0 Å². The van der Waals surface area contributed by atoms with E-state index in [4.69, 9.17) is 15.2 Å². The number of aliphatic carboxylic acids is 1. The van der Waals surface area contributed by atoms with Gasteiger partial charge in [-0.15, -0.1) is 0 Å². The number of rotatable bonds is 10. The van der Waals surface area contributed by atoms with Crippen molar-refractivity contribution >= 4 is 5.97 Å². The number of carbonyl (C=O) groups is 1. The third-order valence-electron chi connectivity index (χ3n) is 4.98. The lowest BCUT2D eigenvalue weighted by molar-refractivity contribution is -0.145. The molecule has 6 nitrogen and oxygen atoms in total. The normalized spacial score (nSPS) is 11.8. The summed E-state index contributed by atoms with van der Waals surface area (Å²) in [6.45, 7) is 4.15. The van der Waals surface area contributed by atoms with E-state index in [1.165, 1.54) is 0 Å². The summed E-state index contributed by atoms with van der Waals surface area (Å²) < 4.78 is 39.5. The zero-order chi connectivity index (χ0) is 24.0.